The Kier molecular flexibility index (Phi) is 6.98. The Hall–Kier alpha value is -1.54. The summed E-state index contributed by atoms with van der Waals surface area (Å²) in [5.41, 5.74) is -1.08. The summed E-state index contributed by atoms with van der Waals surface area (Å²) in [6, 6.07) is 1.19. The zero-order valence-electron chi connectivity index (χ0n) is 10.4. The third-order valence-electron chi connectivity index (χ3n) is 2.23. The van der Waals surface area contributed by atoms with Gasteiger partial charge < -0.3 is 10.4 Å². The number of aromatic nitrogens is 2. The second kappa shape index (κ2) is 8.54. The van der Waals surface area contributed by atoms with E-state index < -0.39 is 11.2 Å². The smallest absolute Gasteiger partial charge is 0.328 e. The van der Waals surface area contributed by atoms with E-state index in [0.29, 0.717) is 6.54 Å². The first-order valence-corrected chi connectivity index (χ1v) is 7.04. The molecule has 19 heavy (non-hydrogen) atoms. The van der Waals surface area contributed by atoms with Crippen molar-refractivity contribution in [2.24, 2.45) is 0 Å². The Labute approximate surface area is 114 Å². The predicted molar refractivity (Wildman–Crippen MR) is 73.4 cm³/mol. The van der Waals surface area contributed by atoms with Gasteiger partial charge in [-0.3, -0.25) is 19.1 Å². The van der Waals surface area contributed by atoms with E-state index in [1.165, 1.54) is 12.3 Å². The molecule has 1 heterocycles. The molecule has 1 amide bonds. The van der Waals surface area contributed by atoms with Crippen LogP contribution in [0.15, 0.2) is 21.9 Å². The number of nitrogens with zero attached hydrogens (tertiary/aromatic N) is 1. The first kappa shape index (κ1) is 15.5. The van der Waals surface area contributed by atoms with Crippen LogP contribution in [0.25, 0.3) is 0 Å². The Morgan fingerprint density at radius 2 is 2.21 bits per heavy atom. The number of rotatable bonds is 8. The van der Waals surface area contributed by atoms with Gasteiger partial charge in [-0.05, 0) is 12.2 Å². The van der Waals surface area contributed by atoms with E-state index in [1.807, 2.05) is 0 Å². The van der Waals surface area contributed by atoms with Gasteiger partial charge in [-0.25, -0.2) is 4.79 Å². The summed E-state index contributed by atoms with van der Waals surface area (Å²) < 4.78 is 1.13. The summed E-state index contributed by atoms with van der Waals surface area (Å²) in [4.78, 5) is 35.8. The quantitative estimate of drug-likeness (QED) is 0.519. The molecule has 1 aromatic rings. The average molecular weight is 287 g/mol. The van der Waals surface area contributed by atoms with Gasteiger partial charge in [0.2, 0.25) is 5.91 Å². The molecule has 3 N–H and O–H groups in total. The number of aromatic amines is 1. The van der Waals surface area contributed by atoms with Gasteiger partial charge in [-0.15, -0.1) is 0 Å². The molecule has 0 spiro atoms. The molecule has 0 aliphatic heterocycles. The molecule has 0 saturated heterocycles. The summed E-state index contributed by atoms with van der Waals surface area (Å²) in [5, 5.41) is 11.3. The summed E-state index contributed by atoms with van der Waals surface area (Å²) in [6.45, 7) is 0.568. The molecular formula is C11H17N3O4S. The molecule has 0 radical (unpaired) electrons. The number of H-pyrrole nitrogens is 1. The van der Waals surface area contributed by atoms with Crippen LogP contribution in [0.1, 0.15) is 6.42 Å². The lowest BCUT2D eigenvalue weighted by Gasteiger charge is -2.06. The van der Waals surface area contributed by atoms with Crippen LogP contribution in [-0.2, 0) is 11.3 Å². The third kappa shape index (κ3) is 6.25. The normalized spacial score (nSPS) is 10.4. The molecule has 1 rings (SSSR count). The van der Waals surface area contributed by atoms with E-state index in [0.717, 1.165) is 22.5 Å². The molecule has 0 bridgehead atoms. The number of carbonyl (C=O) groups is 1. The maximum Gasteiger partial charge on any atom is 0.328 e. The lowest BCUT2D eigenvalue weighted by Crippen LogP contribution is -2.36. The van der Waals surface area contributed by atoms with Crippen LogP contribution in [0.2, 0.25) is 0 Å². The second-order valence-electron chi connectivity index (χ2n) is 3.78. The molecule has 0 saturated carbocycles. The third-order valence-corrected chi connectivity index (χ3v) is 3.30. The molecule has 8 heteroatoms. The van der Waals surface area contributed by atoms with E-state index in [9.17, 15) is 14.4 Å². The Balaban J connectivity index is 2.27. The van der Waals surface area contributed by atoms with Gasteiger partial charge in [0.15, 0.2) is 0 Å². The van der Waals surface area contributed by atoms with E-state index in [2.05, 4.69) is 10.3 Å². The lowest BCUT2D eigenvalue weighted by molar-refractivity contribution is -0.121. The minimum atomic E-state index is -0.597. The fourth-order valence-corrected chi connectivity index (χ4v) is 2.09. The first-order valence-electron chi connectivity index (χ1n) is 5.88. The summed E-state index contributed by atoms with van der Waals surface area (Å²) in [7, 11) is 0. The number of amides is 1. The van der Waals surface area contributed by atoms with Gasteiger partial charge in [0.25, 0.3) is 5.56 Å². The molecule has 1 aromatic heterocycles. The molecule has 0 fully saturated rings. The monoisotopic (exact) mass is 287 g/mol. The molecule has 0 unspecified atom stereocenters. The predicted octanol–water partition coefficient (Wildman–Crippen LogP) is -1.23. The van der Waals surface area contributed by atoms with Crippen molar-refractivity contribution in [3.8, 4) is 0 Å². The topological polar surface area (TPSA) is 104 Å². The van der Waals surface area contributed by atoms with Gasteiger partial charge in [0.1, 0.15) is 6.54 Å². The zero-order valence-corrected chi connectivity index (χ0v) is 11.2. The first-order chi connectivity index (χ1) is 9.13. The number of aliphatic hydroxyl groups is 1. The molecule has 0 aliphatic carbocycles. The van der Waals surface area contributed by atoms with Crippen LogP contribution in [0.4, 0.5) is 0 Å². The van der Waals surface area contributed by atoms with Crippen molar-refractivity contribution in [2.45, 2.75) is 13.0 Å². The van der Waals surface area contributed by atoms with Crippen molar-refractivity contribution in [1.82, 2.24) is 14.9 Å². The van der Waals surface area contributed by atoms with E-state index >= 15 is 0 Å². The van der Waals surface area contributed by atoms with Crippen molar-refractivity contribution < 1.29 is 9.90 Å². The molecule has 0 aliphatic rings. The number of carbonyl (C=O) groups excluding carboxylic acids is 1. The summed E-state index contributed by atoms with van der Waals surface area (Å²) >= 11 is 1.64. The largest absolute Gasteiger partial charge is 0.396 e. The van der Waals surface area contributed by atoms with Crippen molar-refractivity contribution in [2.75, 3.05) is 24.7 Å². The molecule has 7 nitrogen and oxygen atoms in total. The number of thioether (sulfide) groups is 1. The molecular weight excluding hydrogens is 270 g/mol. The van der Waals surface area contributed by atoms with Crippen LogP contribution >= 0.6 is 11.8 Å². The fraction of sp³-hybridized carbons (Fsp3) is 0.545. The number of hydrogen-bond donors (Lipinski definition) is 3. The van der Waals surface area contributed by atoms with Crippen LogP contribution in [0, 0.1) is 0 Å². The Morgan fingerprint density at radius 3 is 2.89 bits per heavy atom. The van der Waals surface area contributed by atoms with Crippen molar-refractivity contribution in [3.05, 3.63) is 33.1 Å². The number of nitrogens with one attached hydrogen (secondary N) is 2. The van der Waals surface area contributed by atoms with Gasteiger partial charge in [-0.2, -0.15) is 11.8 Å². The van der Waals surface area contributed by atoms with Crippen LogP contribution in [0.5, 0.6) is 0 Å². The van der Waals surface area contributed by atoms with Crippen molar-refractivity contribution >= 4 is 17.7 Å². The number of aliphatic hydroxyl groups excluding tert-OH is 1. The van der Waals surface area contributed by atoms with Crippen LogP contribution in [-0.4, -0.2) is 45.2 Å². The minimum Gasteiger partial charge on any atom is -0.396 e. The second-order valence-corrected chi connectivity index (χ2v) is 5.00. The zero-order chi connectivity index (χ0) is 14.1. The van der Waals surface area contributed by atoms with Gasteiger partial charge in [0.05, 0.1) is 0 Å². The number of hydrogen-bond acceptors (Lipinski definition) is 5. The van der Waals surface area contributed by atoms with Crippen LogP contribution in [0.3, 0.4) is 0 Å². The van der Waals surface area contributed by atoms with Gasteiger partial charge >= 0.3 is 5.69 Å². The van der Waals surface area contributed by atoms with E-state index in [1.54, 1.807) is 11.8 Å². The molecule has 0 aromatic carbocycles. The SMILES string of the molecule is O=C(Cn1ccc(=O)[nH]c1=O)NCCSCCCO. The minimum absolute atomic E-state index is 0.114. The van der Waals surface area contributed by atoms with E-state index in [4.69, 9.17) is 5.11 Å². The van der Waals surface area contributed by atoms with Gasteiger partial charge in [0, 0.05) is 31.2 Å². The lowest BCUT2D eigenvalue weighted by atomic mass is 10.5. The van der Waals surface area contributed by atoms with Gasteiger partial charge in [-0.1, -0.05) is 0 Å². The Bertz CT molecular complexity index is 511. The highest BCUT2D eigenvalue weighted by atomic mass is 32.2. The standard InChI is InChI=1S/C11H17N3O4S/c15-5-1-6-19-7-3-12-10(17)8-14-4-2-9(16)13-11(14)18/h2,4,15H,1,3,5-8H2,(H,12,17)(H,13,16,18). The Morgan fingerprint density at radius 1 is 1.42 bits per heavy atom. The average Bonchev–Trinajstić information content (AvgIpc) is 2.37. The highest BCUT2D eigenvalue weighted by molar-refractivity contribution is 7.99. The van der Waals surface area contributed by atoms with Crippen LogP contribution < -0.4 is 16.6 Å². The highest BCUT2D eigenvalue weighted by Gasteiger charge is 2.03. The maximum atomic E-state index is 11.5. The molecule has 0 atom stereocenters. The van der Waals surface area contributed by atoms with Crippen molar-refractivity contribution in [1.29, 1.82) is 0 Å². The van der Waals surface area contributed by atoms with Crippen molar-refractivity contribution in [3.63, 3.8) is 0 Å². The summed E-state index contributed by atoms with van der Waals surface area (Å²) in [5.74, 6) is 1.33. The molecule has 106 valence electrons. The van der Waals surface area contributed by atoms with E-state index in [-0.39, 0.29) is 19.1 Å². The highest BCUT2D eigenvalue weighted by Crippen LogP contribution is 1.99. The fourth-order valence-electron chi connectivity index (χ4n) is 1.31. The summed E-state index contributed by atoms with van der Waals surface area (Å²) in [6.07, 6.45) is 2.03. The maximum absolute atomic E-state index is 11.5.